The summed E-state index contributed by atoms with van der Waals surface area (Å²) in [4.78, 5) is 13.4. The predicted octanol–water partition coefficient (Wildman–Crippen LogP) is 2.27. The van der Waals surface area contributed by atoms with Crippen molar-refractivity contribution in [1.82, 2.24) is 0 Å². The second-order valence-corrected chi connectivity index (χ2v) is 6.23. The number of carbonyl (C=O) groups is 1. The largest absolute Gasteiger partial charge is 0.326 e. The molecule has 2 aromatic rings. The van der Waals surface area contributed by atoms with Crippen LogP contribution in [0.3, 0.4) is 0 Å². The fourth-order valence-electron chi connectivity index (χ4n) is 2.46. The van der Waals surface area contributed by atoms with Crippen LogP contribution in [-0.4, -0.2) is 19.5 Å². The third-order valence-corrected chi connectivity index (χ3v) is 4.28. The van der Waals surface area contributed by atoms with Gasteiger partial charge in [0.2, 0.25) is 0 Å². The SMILES string of the molecule is CCc1cccc(C)c1NC(=O)C[NH+](C)Cc1ccsc1. The van der Waals surface area contributed by atoms with Gasteiger partial charge in [-0.2, -0.15) is 11.3 Å². The van der Waals surface area contributed by atoms with Crippen molar-refractivity contribution in [3.63, 3.8) is 0 Å². The van der Waals surface area contributed by atoms with Gasteiger partial charge in [0.1, 0.15) is 6.54 Å². The molecule has 0 fully saturated rings. The number of hydrogen-bond acceptors (Lipinski definition) is 2. The van der Waals surface area contributed by atoms with Crippen molar-refractivity contribution < 1.29 is 9.69 Å². The van der Waals surface area contributed by atoms with Crippen molar-refractivity contribution in [2.45, 2.75) is 26.8 Å². The summed E-state index contributed by atoms with van der Waals surface area (Å²) in [5.74, 6) is 0.0757. The molecule has 0 radical (unpaired) electrons. The minimum Gasteiger partial charge on any atom is -0.326 e. The van der Waals surface area contributed by atoms with Crippen molar-refractivity contribution in [2.75, 3.05) is 18.9 Å². The van der Waals surface area contributed by atoms with Crippen LogP contribution in [0.2, 0.25) is 0 Å². The summed E-state index contributed by atoms with van der Waals surface area (Å²) in [5, 5.41) is 7.29. The Morgan fingerprint density at radius 1 is 1.33 bits per heavy atom. The number of likely N-dealkylation sites (N-methyl/N-ethyl adjacent to an activating group) is 1. The molecule has 21 heavy (non-hydrogen) atoms. The number of amides is 1. The lowest BCUT2D eigenvalue weighted by molar-refractivity contribution is -0.885. The van der Waals surface area contributed by atoms with E-state index in [4.69, 9.17) is 0 Å². The van der Waals surface area contributed by atoms with Gasteiger partial charge < -0.3 is 10.2 Å². The molecular formula is C17H23N2OS+. The maximum atomic E-state index is 12.2. The Labute approximate surface area is 130 Å². The first kappa shape index (κ1) is 15.7. The van der Waals surface area contributed by atoms with E-state index < -0.39 is 0 Å². The number of aryl methyl sites for hydroxylation is 2. The van der Waals surface area contributed by atoms with Crippen LogP contribution in [-0.2, 0) is 17.8 Å². The maximum Gasteiger partial charge on any atom is 0.279 e. The van der Waals surface area contributed by atoms with Crippen LogP contribution < -0.4 is 10.2 Å². The summed E-state index contributed by atoms with van der Waals surface area (Å²) in [7, 11) is 2.05. The highest BCUT2D eigenvalue weighted by atomic mass is 32.1. The van der Waals surface area contributed by atoms with Gasteiger partial charge in [0.15, 0.2) is 6.54 Å². The smallest absolute Gasteiger partial charge is 0.279 e. The van der Waals surface area contributed by atoms with Crippen LogP contribution in [0, 0.1) is 6.92 Å². The van der Waals surface area contributed by atoms with E-state index >= 15 is 0 Å². The average molecular weight is 303 g/mol. The van der Waals surface area contributed by atoms with Gasteiger partial charge in [-0.1, -0.05) is 25.1 Å². The topological polar surface area (TPSA) is 33.5 Å². The van der Waals surface area contributed by atoms with Crippen molar-refractivity contribution in [1.29, 1.82) is 0 Å². The lowest BCUT2D eigenvalue weighted by Gasteiger charge is -2.16. The van der Waals surface area contributed by atoms with Gasteiger partial charge in [0.05, 0.1) is 7.05 Å². The maximum absolute atomic E-state index is 12.2. The van der Waals surface area contributed by atoms with Gasteiger partial charge in [-0.15, -0.1) is 0 Å². The number of anilines is 1. The zero-order valence-corrected chi connectivity index (χ0v) is 13.7. The van der Waals surface area contributed by atoms with E-state index in [9.17, 15) is 4.79 Å². The summed E-state index contributed by atoms with van der Waals surface area (Å²) < 4.78 is 0. The Morgan fingerprint density at radius 2 is 2.14 bits per heavy atom. The molecule has 1 aromatic heterocycles. The number of carbonyl (C=O) groups excluding carboxylic acids is 1. The van der Waals surface area contributed by atoms with E-state index in [0.29, 0.717) is 6.54 Å². The zero-order valence-electron chi connectivity index (χ0n) is 12.9. The minimum absolute atomic E-state index is 0.0757. The summed E-state index contributed by atoms with van der Waals surface area (Å²) in [6.07, 6.45) is 0.925. The van der Waals surface area contributed by atoms with Crippen molar-refractivity contribution >= 4 is 22.9 Å². The number of nitrogens with one attached hydrogen (secondary N) is 2. The third-order valence-electron chi connectivity index (χ3n) is 3.55. The highest BCUT2D eigenvalue weighted by Gasteiger charge is 2.13. The molecule has 4 heteroatoms. The third kappa shape index (κ3) is 4.41. The minimum atomic E-state index is 0.0757. The van der Waals surface area contributed by atoms with E-state index in [0.717, 1.165) is 24.2 Å². The fraction of sp³-hybridized carbons (Fsp3) is 0.353. The van der Waals surface area contributed by atoms with E-state index in [1.54, 1.807) is 11.3 Å². The lowest BCUT2D eigenvalue weighted by Crippen LogP contribution is -3.08. The molecule has 2 rings (SSSR count). The van der Waals surface area contributed by atoms with Crippen LogP contribution in [0.5, 0.6) is 0 Å². The summed E-state index contributed by atoms with van der Waals surface area (Å²) in [6.45, 7) is 5.51. The molecule has 1 amide bonds. The number of benzene rings is 1. The second kappa shape index (κ2) is 7.38. The molecule has 0 aliphatic heterocycles. The average Bonchev–Trinajstić information content (AvgIpc) is 2.93. The monoisotopic (exact) mass is 303 g/mol. The van der Waals surface area contributed by atoms with Crippen LogP contribution >= 0.6 is 11.3 Å². The van der Waals surface area contributed by atoms with Gasteiger partial charge in [-0.25, -0.2) is 0 Å². The second-order valence-electron chi connectivity index (χ2n) is 5.45. The number of thiophene rings is 1. The van der Waals surface area contributed by atoms with Gasteiger partial charge in [0.25, 0.3) is 5.91 Å². The summed E-state index contributed by atoms with van der Waals surface area (Å²) in [6, 6.07) is 8.27. The van der Waals surface area contributed by atoms with Gasteiger partial charge in [0, 0.05) is 11.3 Å². The lowest BCUT2D eigenvalue weighted by atomic mass is 10.1. The molecule has 1 atom stereocenters. The Bertz CT molecular complexity index is 593. The molecule has 3 nitrogen and oxygen atoms in total. The molecule has 2 N–H and O–H groups in total. The number of hydrogen-bond donors (Lipinski definition) is 2. The fourth-order valence-corrected chi connectivity index (χ4v) is 3.13. The molecule has 112 valence electrons. The first-order valence-electron chi connectivity index (χ1n) is 7.31. The number of quaternary nitrogens is 1. The molecule has 1 heterocycles. The highest BCUT2D eigenvalue weighted by Crippen LogP contribution is 2.20. The van der Waals surface area contributed by atoms with Crippen LogP contribution in [0.15, 0.2) is 35.0 Å². The number of rotatable bonds is 6. The molecule has 0 aliphatic carbocycles. The van der Waals surface area contributed by atoms with E-state index in [2.05, 4.69) is 42.2 Å². The van der Waals surface area contributed by atoms with Crippen molar-refractivity contribution in [3.8, 4) is 0 Å². The summed E-state index contributed by atoms with van der Waals surface area (Å²) in [5.41, 5.74) is 4.58. The van der Waals surface area contributed by atoms with E-state index in [1.807, 2.05) is 19.1 Å². The Morgan fingerprint density at radius 3 is 2.81 bits per heavy atom. The van der Waals surface area contributed by atoms with E-state index in [-0.39, 0.29) is 5.91 Å². The van der Waals surface area contributed by atoms with Crippen LogP contribution in [0.1, 0.15) is 23.6 Å². The van der Waals surface area contributed by atoms with E-state index in [1.165, 1.54) is 16.0 Å². The first-order valence-corrected chi connectivity index (χ1v) is 8.25. The Hall–Kier alpha value is -1.65. The van der Waals surface area contributed by atoms with Crippen LogP contribution in [0.4, 0.5) is 5.69 Å². The first-order chi connectivity index (χ1) is 10.1. The van der Waals surface area contributed by atoms with Gasteiger partial charge >= 0.3 is 0 Å². The summed E-state index contributed by atoms with van der Waals surface area (Å²) >= 11 is 1.70. The Kier molecular flexibility index (Phi) is 5.53. The van der Waals surface area contributed by atoms with Crippen molar-refractivity contribution in [2.24, 2.45) is 0 Å². The molecular weight excluding hydrogens is 280 g/mol. The van der Waals surface area contributed by atoms with Crippen LogP contribution in [0.25, 0.3) is 0 Å². The molecule has 0 saturated carbocycles. The zero-order chi connectivity index (χ0) is 15.2. The molecule has 1 aromatic carbocycles. The quantitative estimate of drug-likeness (QED) is 0.843. The van der Waals surface area contributed by atoms with Gasteiger partial charge in [-0.3, -0.25) is 4.79 Å². The number of para-hydroxylation sites is 1. The van der Waals surface area contributed by atoms with Gasteiger partial charge in [-0.05, 0) is 41.3 Å². The van der Waals surface area contributed by atoms with Crippen molar-refractivity contribution in [3.05, 3.63) is 51.7 Å². The molecule has 0 spiro atoms. The Balaban J connectivity index is 1.95. The normalized spacial score (nSPS) is 12.1. The molecule has 0 saturated heterocycles. The highest BCUT2D eigenvalue weighted by molar-refractivity contribution is 7.07. The predicted molar refractivity (Wildman–Crippen MR) is 89.0 cm³/mol. The standard InChI is InChI=1S/C17H22N2OS/c1-4-15-7-5-6-13(2)17(15)18-16(20)11-19(3)10-14-8-9-21-12-14/h5-9,12H,4,10-11H2,1-3H3,(H,18,20)/p+1. The molecule has 0 aliphatic rings. The molecule has 0 bridgehead atoms. The molecule has 1 unspecified atom stereocenters.